The number of rotatable bonds is 2. The van der Waals surface area contributed by atoms with Gasteiger partial charge in [0.05, 0.1) is 0 Å². The number of aromatic nitrogens is 2. The van der Waals surface area contributed by atoms with Crippen LogP contribution in [0.3, 0.4) is 0 Å². The molecule has 0 saturated carbocycles. The average molecular weight is 418 g/mol. The number of alkyl halides is 3. The van der Waals surface area contributed by atoms with Crippen LogP contribution in [0.5, 0.6) is 0 Å². The maximum Gasteiger partial charge on any atom is 0.408 e. The van der Waals surface area contributed by atoms with E-state index in [4.69, 9.17) is 0 Å². The second-order valence-corrected chi connectivity index (χ2v) is 5.59. The summed E-state index contributed by atoms with van der Waals surface area (Å²) in [5.74, 6) is -0.568. The molecule has 2 heterocycles. The molecular weight excluding hydrogens is 390 g/mol. The Kier molecular flexibility index (Phi) is 12.2. The molecule has 0 spiro atoms. The Bertz CT molecular complexity index is 741. The van der Waals surface area contributed by atoms with Gasteiger partial charge in [-0.15, -0.1) is 0 Å². The van der Waals surface area contributed by atoms with E-state index in [-0.39, 0.29) is 5.56 Å². The molecule has 1 unspecified atom stereocenters. The van der Waals surface area contributed by atoms with Crippen LogP contribution in [0.1, 0.15) is 39.3 Å². The molecule has 2 aromatic heterocycles. The van der Waals surface area contributed by atoms with Gasteiger partial charge in [-0.2, -0.15) is 13.2 Å². The number of pyridine rings is 1. The standard InChI is InChI=1S/C9H9F4NS.C7H6N2.2C2H6/c1-14(15)8(9(11,12)13)6-2-4-7(10)5-3-6;1-2-5-9-6-4-8-7(9)3-1;2*1-2/h2-5,8,15H,1H3;1-6H;2*1-2H3. The maximum atomic E-state index is 12.6. The van der Waals surface area contributed by atoms with E-state index >= 15 is 0 Å². The fraction of sp³-hybridized carbons (Fsp3) is 0.350. The number of imidazole rings is 1. The molecule has 0 bridgehead atoms. The van der Waals surface area contributed by atoms with Crippen molar-refractivity contribution in [1.29, 1.82) is 0 Å². The Hall–Kier alpha value is -2.06. The van der Waals surface area contributed by atoms with Crippen LogP contribution in [0, 0.1) is 5.82 Å². The van der Waals surface area contributed by atoms with Gasteiger partial charge in [0.2, 0.25) is 0 Å². The highest BCUT2D eigenvalue weighted by atomic mass is 32.1. The molecule has 8 heteroatoms. The molecule has 0 N–H and O–H groups in total. The highest BCUT2D eigenvalue weighted by Gasteiger charge is 2.42. The van der Waals surface area contributed by atoms with Crippen molar-refractivity contribution in [1.82, 2.24) is 13.7 Å². The van der Waals surface area contributed by atoms with Crippen molar-refractivity contribution >= 4 is 18.5 Å². The first kappa shape index (κ1) is 25.9. The van der Waals surface area contributed by atoms with E-state index < -0.39 is 18.0 Å². The van der Waals surface area contributed by atoms with Gasteiger partial charge in [0.1, 0.15) is 17.5 Å². The van der Waals surface area contributed by atoms with E-state index in [0.29, 0.717) is 0 Å². The summed E-state index contributed by atoms with van der Waals surface area (Å²) in [6.07, 6.45) is 1.25. The van der Waals surface area contributed by atoms with Gasteiger partial charge in [-0.3, -0.25) is 0 Å². The Balaban J connectivity index is 0.000000474. The molecule has 1 atom stereocenters. The molecule has 0 fully saturated rings. The molecule has 3 nitrogen and oxygen atoms in total. The minimum atomic E-state index is -4.44. The second kappa shape index (κ2) is 13.2. The highest BCUT2D eigenvalue weighted by molar-refractivity contribution is 7.77. The molecule has 0 aliphatic carbocycles. The summed E-state index contributed by atoms with van der Waals surface area (Å²) >= 11 is 3.64. The number of halogens is 4. The lowest BCUT2D eigenvalue weighted by Gasteiger charge is -2.25. The van der Waals surface area contributed by atoms with Crippen molar-refractivity contribution < 1.29 is 17.6 Å². The predicted octanol–water partition coefficient (Wildman–Crippen LogP) is 6.59. The first-order valence-electron chi connectivity index (χ1n) is 8.90. The van der Waals surface area contributed by atoms with E-state index in [9.17, 15) is 17.6 Å². The smallest absolute Gasteiger partial charge is 0.307 e. The number of fused-ring (bicyclic) bond motifs is 1. The molecule has 156 valence electrons. The summed E-state index contributed by atoms with van der Waals surface area (Å²) in [4.78, 5) is 4.08. The predicted molar refractivity (Wildman–Crippen MR) is 110 cm³/mol. The quantitative estimate of drug-likeness (QED) is 0.375. The first-order valence-corrected chi connectivity index (χ1v) is 9.30. The monoisotopic (exact) mass is 417 g/mol. The topological polar surface area (TPSA) is 20.5 Å². The fourth-order valence-corrected chi connectivity index (χ4v) is 2.39. The molecule has 3 rings (SSSR count). The number of thiol groups is 1. The molecule has 28 heavy (non-hydrogen) atoms. The van der Waals surface area contributed by atoms with Crippen LogP contribution < -0.4 is 0 Å². The zero-order valence-electron chi connectivity index (χ0n) is 16.7. The number of nitrogens with zero attached hydrogens (tertiary/aromatic N) is 3. The van der Waals surface area contributed by atoms with Crippen molar-refractivity contribution in [3.63, 3.8) is 0 Å². The molecule has 0 amide bonds. The van der Waals surface area contributed by atoms with Crippen molar-refractivity contribution in [3.8, 4) is 0 Å². The fourth-order valence-electron chi connectivity index (χ4n) is 2.13. The minimum absolute atomic E-state index is 0.0404. The lowest BCUT2D eigenvalue weighted by Crippen LogP contribution is -2.30. The van der Waals surface area contributed by atoms with Crippen molar-refractivity contribution in [2.24, 2.45) is 0 Å². The normalized spacial score (nSPS) is 11.4. The molecule has 0 aliphatic heterocycles. The van der Waals surface area contributed by atoms with E-state index in [1.54, 1.807) is 6.20 Å². The van der Waals surface area contributed by atoms with Crippen LogP contribution in [0.25, 0.3) is 5.65 Å². The molecule has 1 aromatic carbocycles. The van der Waals surface area contributed by atoms with Crippen molar-refractivity contribution in [2.75, 3.05) is 7.05 Å². The zero-order chi connectivity index (χ0) is 21.7. The Morgan fingerprint density at radius 1 is 0.964 bits per heavy atom. The van der Waals surface area contributed by atoms with Crippen LogP contribution in [0.15, 0.2) is 61.1 Å². The lowest BCUT2D eigenvalue weighted by atomic mass is 10.1. The Morgan fingerprint density at radius 3 is 2.00 bits per heavy atom. The van der Waals surface area contributed by atoms with Gasteiger partial charge in [-0.1, -0.05) is 58.7 Å². The van der Waals surface area contributed by atoms with Crippen molar-refractivity contribution in [2.45, 2.75) is 39.9 Å². The summed E-state index contributed by atoms with van der Waals surface area (Å²) in [7, 11) is 1.20. The molecule has 0 saturated heterocycles. The van der Waals surface area contributed by atoms with Crippen LogP contribution in [-0.2, 0) is 0 Å². The summed E-state index contributed by atoms with van der Waals surface area (Å²) in [6.45, 7) is 8.00. The van der Waals surface area contributed by atoms with E-state index in [1.165, 1.54) is 7.05 Å². The van der Waals surface area contributed by atoms with Crippen molar-refractivity contribution in [3.05, 3.63) is 72.4 Å². The summed E-state index contributed by atoms with van der Waals surface area (Å²) in [6, 6.07) is 8.27. The van der Waals surface area contributed by atoms with Gasteiger partial charge in [-0.25, -0.2) is 13.7 Å². The number of benzene rings is 1. The van der Waals surface area contributed by atoms with Gasteiger partial charge >= 0.3 is 6.18 Å². The zero-order valence-corrected chi connectivity index (χ0v) is 17.5. The molecule has 0 radical (unpaired) electrons. The maximum absolute atomic E-state index is 12.6. The number of hydrogen-bond acceptors (Lipinski definition) is 3. The van der Waals surface area contributed by atoms with E-state index in [0.717, 1.165) is 34.2 Å². The molecular formula is C20H27F4N3S. The first-order chi connectivity index (χ1) is 13.3. The van der Waals surface area contributed by atoms with Crippen LogP contribution in [0.2, 0.25) is 0 Å². The minimum Gasteiger partial charge on any atom is -0.307 e. The molecule has 3 aromatic rings. The third kappa shape index (κ3) is 8.31. The average Bonchev–Trinajstić information content (AvgIpc) is 3.15. The summed E-state index contributed by atoms with van der Waals surface area (Å²) in [5, 5.41) is 0. The van der Waals surface area contributed by atoms with E-state index in [1.807, 2.05) is 62.7 Å². The SMILES string of the molecule is CC.CC.CN(S)C(c1ccc(F)cc1)C(F)(F)F.c1ccn2ccnc2c1. The summed E-state index contributed by atoms with van der Waals surface area (Å²) < 4.78 is 53.0. The van der Waals surface area contributed by atoms with E-state index in [2.05, 4.69) is 17.8 Å². The van der Waals surface area contributed by atoms with Gasteiger partial charge < -0.3 is 4.40 Å². The Labute approximate surface area is 169 Å². The largest absolute Gasteiger partial charge is 0.408 e. The van der Waals surface area contributed by atoms with Gasteiger partial charge in [-0.05, 0) is 36.9 Å². The third-order valence-corrected chi connectivity index (χ3v) is 3.40. The van der Waals surface area contributed by atoms with Crippen LogP contribution in [0.4, 0.5) is 17.6 Å². The van der Waals surface area contributed by atoms with Crippen LogP contribution >= 0.6 is 12.8 Å². The lowest BCUT2D eigenvalue weighted by molar-refractivity contribution is -0.169. The van der Waals surface area contributed by atoms with Gasteiger partial charge in [0, 0.05) is 18.6 Å². The number of hydrogen-bond donors (Lipinski definition) is 1. The Morgan fingerprint density at radius 2 is 1.54 bits per heavy atom. The third-order valence-electron chi connectivity index (χ3n) is 3.17. The van der Waals surface area contributed by atoms with Crippen LogP contribution in [-0.4, -0.2) is 26.9 Å². The van der Waals surface area contributed by atoms with Gasteiger partial charge in [0.15, 0.2) is 0 Å². The van der Waals surface area contributed by atoms with Gasteiger partial charge in [0.25, 0.3) is 0 Å². The molecule has 0 aliphatic rings. The highest BCUT2D eigenvalue weighted by Crippen LogP contribution is 2.37. The second-order valence-electron chi connectivity index (χ2n) is 4.96. The summed E-state index contributed by atoms with van der Waals surface area (Å²) in [5.41, 5.74) is 0.957.